The van der Waals surface area contributed by atoms with Gasteiger partial charge >= 0.3 is 0 Å². The lowest BCUT2D eigenvalue weighted by Gasteiger charge is -2.38. The quantitative estimate of drug-likeness (QED) is 0.718. The first-order valence-corrected chi connectivity index (χ1v) is 12.4. The summed E-state index contributed by atoms with van der Waals surface area (Å²) in [5.41, 5.74) is 2.56. The monoisotopic (exact) mass is 433 g/mol. The summed E-state index contributed by atoms with van der Waals surface area (Å²) in [5.74, 6) is 2.32. The molecule has 3 aliphatic heterocycles. The number of piperidine rings is 2. The normalized spacial score (nSPS) is 20.7. The highest BCUT2D eigenvalue weighted by Gasteiger charge is 2.32. The van der Waals surface area contributed by atoms with Gasteiger partial charge in [-0.15, -0.1) is 0 Å². The SMILES string of the molecule is O=C(C1CCN(c2cncnc2N2CCCC2)CC1)N1CCC(Cc2ccccc2)CC1. The van der Waals surface area contributed by atoms with Gasteiger partial charge in [0.1, 0.15) is 6.33 Å². The van der Waals surface area contributed by atoms with Crippen LogP contribution in [0.15, 0.2) is 42.9 Å². The Labute approximate surface area is 191 Å². The summed E-state index contributed by atoms with van der Waals surface area (Å²) in [6.07, 6.45) is 11.3. The Morgan fingerprint density at radius 2 is 1.59 bits per heavy atom. The van der Waals surface area contributed by atoms with Gasteiger partial charge in [0.05, 0.1) is 11.9 Å². The molecule has 1 aromatic heterocycles. The van der Waals surface area contributed by atoms with Crippen LogP contribution in [-0.2, 0) is 11.2 Å². The molecule has 0 aliphatic carbocycles. The fourth-order valence-corrected chi connectivity index (χ4v) is 5.64. The van der Waals surface area contributed by atoms with Crippen molar-refractivity contribution in [3.05, 3.63) is 48.4 Å². The Balaban J connectivity index is 1.12. The van der Waals surface area contributed by atoms with Gasteiger partial charge in [-0.3, -0.25) is 4.79 Å². The van der Waals surface area contributed by atoms with Crippen molar-refractivity contribution in [1.82, 2.24) is 14.9 Å². The van der Waals surface area contributed by atoms with E-state index >= 15 is 0 Å². The van der Waals surface area contributed by atoms with Gasteiger partial charge < -0.3 is 14.7 Å². The highest BCUT2D eigenvalue weighted by molar-refractivity contribution is 5.79. The molecule has 0 unspecified atom stereocenters. The molecular weight excluding hydrogens is 398 g/mol. The second-order valence-electron chi connectivity index (χ2n) is 9.65. The first-order chi connectivity index (χ1) is 15.8. The Morgan fingerprint density at radius 1 is 0.875 bits per heavy atom. The molecule has 3 aliphatic rings. The van der Waals surface area contributed by atoms with Crippen molar-refractivity contribution in [2.24, 2.45) is 11.8 Å². The van der Waals surface area contributed by atoms with Crippen LogP contribution >= 0.6 is 0 Å². The Kier molecular flexibility index (Phi) is 6.56. The van der Waals surface area contributed by atoms with Crippen molar-refractivity contribution < 1.29 is 4.79 Å². The van der Waals surface area contributed by atoms with Crippen molar-refractivity contribution in [1.29, 1.82) is 0 Å². The van der Waals surface area contributed by atoms with Gasteiger partial charge in [-0.05, 0) is 56.4 Å². The molecule has 32 heavy (non-hydrogen) atoms. The summed E-state index contributed by atoms with van der Waals surface area (Å²) >= 11 is 0. The topological polar surface area (TPSA) is 52.6 Å². The molecule has 0 radical (unpaired) electrons. The molecule has 0 spiro atoms. The summed E-state index contributed by atoms with van der Waals surface area (Å²) < 4.78 is 0. The Bertz CT molecular complexity index is 882. The summed E-state index contributed by atoms with van der Waals surface area (Å²) in [5, 5.41) is 0. The number of likely N-dealkylation sites (tertiary alicyclic amines) is 1. The van der Waals surface area contributed by atoms with Crippen molar-refractivity contribution in [3.8, 4) is 0 Å². The average molecular weight is 434 g/mol. The lowest BCUT2D eigenvalue weighted by Crippen LogP contribution is -2.46. The van der Waals surface area contributed by atoms with Crippen LogP contribution in [-0.4, -0.2) is 60.0 Å². The first-order valence-electron chi connectivity index (χ1n) is 12.4. The predicted molar refractivity (Wildman–Crippen MR) is 128 cm³/mol. The average Bonchev–Trinajstić information content (AvgIpc) is 3.40. The fraction of sp³-hybridized carbons (Fsp3) is 0.577. The molecule has 1 aromatic carbocycles. The van der Waals surface area contributed by atoms with E-state index in [-0.39, 0.29) is 5.92 Å². The molecule has 170 valence electrons. The van der Waals surface area contributed by atoms with Crippen LogP contribution in [0.1, 0.15) is 44.1 Å². The standard InChI is InChI=1S/C26H35N5O/c32-26(31-14-8-22(9-15-31)18-21-6-2-1-3-7-21)23-10-16-29(17-11-23)24-19-27-20-28-25(24)30-12-4-5-13-30/h1-3,6-7,19-20,22-23H,4-5,8-18H2. The second kappa shape index (κ2) is 9.88. The zero-order valence-electron chi connectivity index (χ0n) is 19.0. The molecule has 6 nitrogen and oxygen atoms in total. The molecule has 0 atom stereocenters. The van der Waals surface area contributed by atoms with Crippen LogP contribution in [0, 0.1) is 11.8 Å². The molecule has 3 saturated heterocycles. The Hall–Kier alpha value is -2.63. The van der Waals surface area contributed by atoms with Crippen LogP contribution in [0.5, 0.6) is 0 Å². The van der Waals surface area contributed by atoms with Crippen LogP contribution in [0.2, 0.25) is 0 Å². The van der Waals surface area contributed by atoms with E-state index < -0.39 is 0 Å². The van der Waals surface area contributed by atoms with Gasteiger partial charge in [-0.1, -0.05) is 30.3 Å². The zero-order valence-corrected chi connectivity index (χ0v) is 19.0. The number of rotatable bonds is 5. The highest BCUT2D eigenvalue weighted by atomic mass is 16.2. The third-order valence-electron chi connectivity index (χ3n) is 7.56. The molecule has 5 rings (SSSR count). The minimum Gasteiger partial charge on any atom is -0.367 e. The van der Waals surface area contributed by atoms with E-state index in [0.717, 1.165) is 82.9 Å². The number of aromatic nitrogens is 2. The molecule has 2 aromatic rings. The number of carbonyl (C=O) groups is 1. The molecule has 0 bridgehead atoms. The molecule has 6 heteroatoms. The highest BCUT2D eigenvalue weighted by Crippen LogP contribution is 2.32. The van der Waals surface area contributed by atoms with Gasteiger partial charge in [0.25, 0.3) is 0 Å². The van der Waals surface area contributed by atoms with E-state index in [9.17, 15) is 4.79 Å². The van der Waals surface area contributed by atoms with Gasteiger partial charge in [-0.25, -0.2) is 9.97 Å². The van der Waals surface area contributed by atoms with Crippen LogP contribution in [0.4, 0.5) is 11.5 Å². The van der Waals surface area contributed by atoms with E-state index in [1.807, 2.05) is 6.20 Å². The maximum atomic E-state index is 13.2. The smallest absolute Gasteiger partial charge is 0.225 e. The van der Waals surface area contributed by atoms with Crippen LogP contribution in [0.3, 0.4) is 0 Å². The van der Waals surface area contributed by atoms with E-state index in [0.29, 0.717) is 11.8 Å². The van der Waals surface area contributed by atoms with E-state index in [2.05, 4.69) is 55.0 Å². The first kappa shape index (κ1) is 21.2. The third kappa shape index (κ3) is 4.74. The molecule has 0 saturated carbocycles. The molecule has 1 amide bonds. The number of hydrogen-bond acceptors (Lipinski definition) is 5. The van der Waals surface area contributed by atoms with E-state index in [1.165, 1.54) is 18.4 Å². The summed E-state index contributed by atoms with van der Waals surface area (Å²) in [7, 11) is 0. The van der Waals surface area contributed by atoms with Crippen LogP contribution < -0.4 is 9.80 Å². The molecule has 3 fully saturated rings. The van der Waals surface area contributed by atoms with Crippen molar-refractivity contribution in [2.45, 2.75) is 44.9 Å². The largest absolute Gasteiger partial charge is 0.367 e. The van der Waals surface area contributed by atoms with Crippen molar-refractivity contribution in [2.75, 3.05) is 49.1 Å². The Morgan fingerprint density at radius 3 is 2.31 bits per heavy atom. The van der Waals surface area contributed by atoms with Gasteiger partial charge in [0.15, 0.2) is 5.82 Å². The molecule has 4 heterocycles. The summed E-state index contributed by atoms with van der Waals surface area (Å²) in [6.45, 7) is 5.83. The van der Waals surface area contributed by atoms with Crippen molar-refractivity contribution >= 4 is 17.4 Å². The van der Waals surface area contributed by atoms with Gasteiger partial charge in [0.2, 0.25) is 5.91 Å². The van der Waals surface area contributed by atoms with Gasteiger partial charge in [0, 0.05) is 45.2 Å². The fourth-order valence-electron chi connectivity index (χ4n) is 5.64. The summed E-state index contributed by atoms with van der Waals surface area (Å²) in [4.78, 5) is 29.0. The number of anilines is 2. The molecular formula is C26H35N5O. The minimum absolute atomic E-state index is 0.164. The number of amides is 1. The number of carbonyl (C=O) groups excluding carboxylic acids is 1. The zero-order chi connectivity index (χ0) is 21.8. The van der Waals surface area contributed by atoms with Gasteiger partial charge in [-0.2, -0.15) is 0 Å². The van der Waals surface area contributed by atoms with Crippen molar-refractivity contribution in [3.63, 3.8) is 0 Å². The van der Waals surface area contributed by atoms with Crippen LogP contribution in [0.25, 0.3) is 0 Å². The molecule has 0 N–H and O–H groups in total. The third-order valence-corrected chi connectivity index (χ3v) is 7.56. The minimum atomic E-state index is 0.164. The maximum absolute atomic E-state index is 13.2. The number of nitrogens with zero attached hydrogens (tertiary/aromatic N) is 5. The van der Waals surface area contributed by atoms with E-state index in [4.69, 9.17) is 0 Å². The van der Waals surface area contributed by atoms with E-state index in [1.54, 1.807) is 6.33 Å². The summed E-state index contributed by atoms with van der Waals surface area (Å²) in [6, 6.07) is 10.8. The lowest BCUT2D eigenvalue weighted by molar-refractivity contribution is -0.137. The second-order valence-corrected chi connectivity index (χ2v) is 9.65. The maximum Gasteiger partial charge on any atom is 0.225 e. The number of hydrogen-bond donors (Lipinski definition) is 0. The predicted octanol–water partition coefficient (Wildman–Crippen LogP) is 3.77. The lowest BCUT2D eigenvalue weighted by atomic mass is 9.88. The number of benzene rings is 1.